The van der Waals surface area contributed by atoms with Gasteiger partial charge in [-0.1, -0.05) is 25.5 Å². The number of pyridine rings is 1. The normalized spacial score (nSPS) is 19.0. The Bertz CT molecular complexity index is 1700. The van der Waals surface area contributed by atoms with Gasteiger partial charge in [0.1, 0.15) is 17.2 Å². The molecule has 1 aliphatic heterocycles. The molecule has 2 aromatic heterocycles. The van der Waals surface area contributed by atoms with Crippen molar-refractivity contribution in [2.24, 2.45) is 0 Å². The zero-order valence-electron chi connectivity index (χ0n) is 23.7. The number of hydrogen-bond donors (Lipinski definition) is 3. The molecule has 12 heteroatoms. The predicted octanol–water partition coefficient (Wildman–Crippen LogP) is 5.98. The van der Waals surface area contributed by atoms with Crippen LogP contribution in [0.3, 0.4) is 0 Å². The Kier molecular flexibility index (Phi) is 8.55. The SMILES string of the molecule is CCCCS(=O)(=O)Nc1c(F)ccc2c(Oc3ncccc3-c3ccnc(N[C@@H]4CNC[C@@](C)(F)C4)n3)c(C)ccc12. The lowest BCUT2D eigenvalue weighted by Crippen LogP contribution is -2.50. The lowest BCUT2D eigenvalue weighted by atomic mass is 9.95. The molecule has 5 rings (SSSR count). The van der Waals surface area contributed by atoms with Gasteiger partial charge in [-0.15, -0.1) is 0 Å². The van der Waals surface area contributed by atoms with Crippen molar-refractivity contribution >= 4 is 32.4 Å². The van der Waals surface area contributed by atoms with Gasteiger partial charge in [-0.25, -0.2) is 32.2 Å². The number of rotatable bonds is 10. The zero-order chi connectivity index (χ0) is 29.9. The minimum atomic E-state index is -3.74. The van der Waals surface area contributed by atoms with E-state index >= 15 is 0 Å². The number of aryl methyl sites for hydroxylation is 1. The first-order chi connectivity index (χ1) is 20.0. The molecule has 3 N–H and O–H groups in total. The molecular weight excluding hydrogens is 562 g/mol. The Morgan fingerprint density at radius 1 is 1.12 bits per heavy atom. The molecule has 0 radical (unpaired) electrons. The Labute approximate surface area is 244 Å². The highest BCUT2D eigenvalue weighted by Crippen LogP contribution is 2.39. The number of unbranched alkanes of at least 4 members (excludes halogenated alkanes) is 1. The summed E-state index contributed by atoms with van der Waals surface area (Å²) in [5.41, 5.74) is 0.416. The molecule has 1 saturated heterocycles. The van der Waals surface area contributed by atoms with E-state index in [2.05, 4.69) is 30.3 Å². The second-order valence-electron chi connectivity index (χ2n) is 10.8. The van der Waals surface area contributed by atoms with Crippen LogP contribution in [0.25, 0.3) is 22.0 Å². The van der Waals surface area contributed by atoms with Crippen LogP contribution in [0.15, 0.2) is 54.9 Å². The Balaban J connectivity index is 1.48. The average molecular weight is 597 g/mol. The van der Waals surface area contributed by atoms with Gasteiger partial charge >= 0.3 is 0 Å². The first-order valence-corrected chi connectivity index (χ1v) is 15.6. The quantitative estimate of drug-likeness (QED) is 0.205. The van der Waals surface area contributed by atoms with Crippen LogP contribution in [0.2, 0.25) is 0 Å². The number of halogens is 2. The third-order valence-electron chi connectivity index (χ3n) is 7.11. The van der Waals surface area contributed by atoms with E-state index in [1.165, 1.54) is 6.07 Å². The number of anilines is 2. The van der Waals surface area contributed by atoms with Crippen molar-refractivity contribution in [2.75, 3.05) is 28.9 Å². The summed E-state index contributed by atoms with van der Waals surface area (Å²) in [7, 11) is -3.74. The molecule has 0 bridgehead atoms. The number of nitrogens with one attached hydrogen (secondary N) is 3. The zero-order valence-corrected chi connectivity index (χ0v) is 24.6. The maximum atomic E-state index is 14.9. The molecule has 222 valence electrons. The van der Waals surface area contributed by atoms with Gasteiger partial charge in [0, 0.05) is 48.7 Å². The molecule has 2 atom stereocenters. The lowest BCUT2D eigenvalue weighted by Gasteiger charge is -2.33. The number of aromatic nitrogens is 3. The van der Waals surface area contributed by atoms with Gasteiger partial charge < -0.3 is 15.4 Å². The summed E-state index contributed by atoms with van der Waals surface area (Å²) in [6.45, 7) is 6.19. The van der Waals surface area contributed by atoms with E-state index in [4.69, 9.17) is 4.74 Å². The van der Waals surface area contributed by atoms with Crippen LogP contribution in [-0.4, -0.2) is 53.9 Å². The third kappa shape index (κ3) is 6.76. The fraction of sp³-hybridized carbons (Fsp3) is 0.367. The Morgan fingerprint density at radius 2 is 1.93 bits per heavy atom. The molecule has 1 aliphatic rings. The van der Waals surface area contributed by atoms with Gasteiger partial charge in [0.2, 0.25) is 21.9 Å². The molecule has 3 heterocycles. The number of alkyl halides is 1. The maximum Gasteiger partial charge on any atom is 0.232 e. The molecule has 0 aliphatic carbocycles. The fourth-order valence-corrected chi connectivity index (χ4v) is 6.32. The number of ether oxygens (including phenoxy) is 1. The van der Waals surface area contributed by atoms with Crippen LogP contribution in [0.5, 0.6) is 11.6 Å². The van der Waals surface area contributed by atoms with Gasteiger partial charge in [-0.2, -0.15) is 0 Å². The average Bonchev–Trinajstić information content (AvgIpc) is 2.95. The van der Waals surface area contributed by atoms with Crippen molar-refractivity contribution in [3.05, 3.63) is 66.2 Å². The summed E-state index contributed by atoms with van der Waals surface area (Å²) in [6, 6.07) is 11.3. The van der Waals surface area contributed by atoms with Crippen molar-refractivity contribution in [1.82, 2.24) is 20.3 Å². The van der Waals surface area contributed by atoms with Gasteiger partial charge in [0.15, 0.2) is 0 Å². The monoisotopic (exact) mass is 596 g/mol. The van der Waals surface area contributed by atoms with Crippen molar-refractivity contribution in [3.8, 4) is 22.9 Å². The van der Waals surface area contributed by atoms with E-state index in [9.17, 15) is 17.2 Å². The molecule has 2 aromatic carbocycles. The summed E-state index contributed by atoms with van der Waals surface area (Å²) >= 11 is 0. The molecule has 0 spiro atoms. The number of sulfonamides is 1. The predicted molar refractivity (Wildman–Crippen MR) is 161 cm³/mol. The van der Waals surface area contributed by atoms with Gasteiger partial charge in [-0.05, 0) is 56.2 Å². The molecular formula is C30H34F2N6O3S. The van der Waals surface area contributed by atoms with E-state index in [1.54, 1.807) is 49.6 Å². The van der Waals surface area contributed by atoms with Crippen molar-refractivity contribution < 1.29 is 21.9 Å². The molecule has 9 nitrogen and oxygen atoms in total. The van der Waals surface area contributed by atoms with E-state index in [1.807, 2.05) is 19.9 Å². The van der Waals surface area contributed by atoms with Crippen molar-refractivity contribution in [1.29, 1.82) is 0 Å². The Morgan fingerprint density at radius 3 is 2.71 bits per heavy atom. The second kappa shape index (κ2) is 12.1. The molecule has 0 amide bonds. The second-order valence-corrected chi connectivity index (χ2v) is 12.7. The van der Waals surface area contributed by atoms with Crippen LogP contribution in [0.1, 0.15) is 38.7 Å². The minimum Gasteiger partial charge on any atom is -0.437 e. The molecule has 4 aromatic rings. The molecule has 42 heavy (non-hydrogen) atoms. The number of piperidine rings is 1. The number of hydrogen-bond acceptors (Lipinski definition) is 8. The van der Waals surface area contributed by atoms with E-state index in [0.29, 0.717) is 66.1 Å². The standard InChI is InChI=1S/C30H34F2N6O3S/c1-4-5-15-42(39,40)38-26-21-9-8-19(2)27(22(21)10-11-24(26)31)41-28-23(7-6-13-34-28)25-12-14-35-29(37-25)36-20-16-30(3,32)18-33-17-20/h6-14,20,33,38H,4-5,15-18H2,1-3H3,(H,35,36,37)/t20-,30-/m0/s1. The van der Waals surface area contributed by atoms with Crippen LogP contribution in [0.4, 0.5) is 20.4 Å². The highest BCUT2D eigenvalue weighted by molar-refractivity contribution is 7.92. The van der Waals surface area contributed by atoms with Crippen LogP contribution >= 0.6 is 0 Å². The van der Waals surface area contributed by atoms with Gasteiger partial charge in [-0.3, -0.25) is 4.72 Å². The van der Waals surface area contributed by atoms with E-state index < -0.39 is 21.5 Å². The van der Waals surface area contributed by atoms with Crippen molar-refractivity contribution in [3.63, 3.8) is 0 Å². The number of benzene rings is 2. The first kappa shape index (κ1) is 29.6. The van der Waals surface area contributed by atoms with Gasteiger partial charge in [0.05, 0.1) is 22.7 Å². The highest BCUT2D eigenvalue weighted by atomic mass is 32.2. The maximum absolute atomic E-state index is 14.9. The molecule has 0 saturated carbocycles. The van der Waals surface area contributed by atoms with Crippen LogP contribution < -0.4 is 20.1 Å². The number of nitrogens with zero attached hydrogens (tertiary/aromatic N) is 3. The summed E-state index contributed by atoms with van der Waals surface area (Å²) in [5.74, 6) is 0.223. The Hall–Kier alpha value is -3.90. The lowest BCUT2D eigenvalue weighted by molar-refractivity contribution is 0.137. The van der Waals surface area contributed by atoms with Crippen molar-refractivity contribution in [2.45, 2.75) is 51.7 Å². The smallest absolute Gasteiger partial charge is 0.232 e. The van der Waals surface area contributed by atoms with Crippen LogP contribution in [-0.2, 0) is 10.0 Å². The number of fused-ring (bicyclic) bond motifs is 1. The molecule has 1 fully saturated rings. The minimum absolute atomic E-state index is 0.105. The third-order valence-corrected chi connectivity index (χ3v) is 8.45. The largest absolute Gasteiger partial charge is 0.437 e. The van der Waals surface area contributed by atoms with Gasteiger partial charge in [0.25, 0.3) is 0 Å². The summed E-state index contributed by atoms with van der Waals surface area (Å²) in [6.07, 6.45) is 4.68. The van der Waals surface area contributed by atoms with E-state index in [-0.39, 0.29) is 23.4 Å². The first-order valence-electron chi connectivity index (χ1n) is 13.9. The topological polar surface area (TPSA) is 118 Å². The fourth-order valence-electron chi connectivity index (χ4n) is 5.03. The highest BCUT2D eigenvalue weighted by Gasteiger charge is 2.32. The van der Waals surface area contributed by atoms with Crippen LogP contribution in [0, 0.1) is 12.7 Å². The van der Waals surface area contributed by atoms with E-state index in [0.717, 1.165) is 5.56 Å². The molecule has 0 unspecified atom stereocenters. The summed E-state index contributed by atoms with van der Waals surface area (Å²) < 4.78 is 63.5. The summed E-state index contributed by atoms with van der Waals surface area (Å²) in [5, 5.41) is 7.19. The summed E-state index contributed by atoms with van der Waals surface area (Å²) in [4.78, 5) is 13.4.